The van der Waals surface area contributed by atoms with Gasteiger partial charge in [-0.3, -0.25) is 4.79 Å². The standard InChI is InChI=1S/C20H20FN5O4/c21-13-4-1-3-12(9-13)15-5-2-8-25(15)18-7-6-17-22-10-16(26(17)24-18)19(28)23-14(11-27)20(29)30/h1,3-4,6-7,9-10,14-15,27H,2,5,8,11H2,(H,23,28)(H,29,30)/t14-,15-/m1/s1. The molecule has 9 nitrogen and oxygen atoms in total. The number of halogens is 1. The zero-order valence-corrected chi connectivity index (χ0v) is 15.9. The summed E-state index contributed by atoms with van der Waals surface area (Å²) in [5, 5.41) is 24.9. The molecule has 1 aromatic carbocycles. The molecule has 1 amide bonds. The Balaban J connectivity index is 1.65. The second-order valence-corrected chi connectivity index (χ2v) is 7.06. The maximum atomic E-state index is 13.7. The van der Waals surface area contributed by atoms with Crippen LogP contribution >= 0.6 is 0 Å². The molecule has 2 aromatic heterocycles. The van der Waals surface area contributed by atoms with E-state index in [0.29, 0.717) is 11.5 Å². The number of carbonyl (C=O) groups excluding carboxylic acids is 1. The Kier molecular flexibility index (Phi) is 5.32. The molecular formula is C20H20FN5O4. The maximum absolute atomic E-state index is 13.7. The molecule has 4 rings (SSSR count). The van der Waals surface area contributed by atoms with Crippen LogP contribution in [0.2, 0.25) is 0 Å². The van der Waals surface area contributed by atoms with Gasteiger partial charge >= 0.3 is 5.97 Å². The van der Waals surface area contributed by atoms with Crippen LogP contribution in [0.25, 0.3) is 5.65 Å². The van der Waals surface area contributed by atoms with Crippen molar-refractivity contribution in [2.75, 3.05) is 18.1 Å². The van der Waals surface area contributed by atoms with Crippen LogP contribution in [0.4, 0.5) is 10.2 Å². The lowest BCUT2D eigenvalue weighted by molar-refractivity contribution is -0.140. The van der Waals surface area contributed by atoms with Crippen LogP contribution in [0.15, 0.2) is 42.6 Å². The number of aliphatic hydroxyl groups is 1. The normalized spacial score (nSPS) is 17.3. The van der Waals surface area contributed by atoms with Crippen molar-refractivity contribution >= 4 is 23.3 Å². The summed E-state index contributed by atoms with van der Waals surface area (Å²) in [6.45, 7) is -0.0128. The van der Waals surface area contributed by atoms with Crippen LogP contribution in [-0.4, -0.2) is 55.9 Å². The first-order valence-corrected chi connectivity index (χ1v) is 9.49. The molecule has 3 aromatic rings. The molecule has 3 heterocycles. The monoisotopic (exact) mass is 413 g/mol. The summed E-state index contributed by atoms with van der Waals surface area (Å²) in [5.74, 6) is -1.76. The molecule has 2 atom stereocenters. The van der Waals surface area contributed by atoms with Gasteiger partial charge < -0.3 is 20.4 Å². The van der Waals surface area contributed by atoms with Crippen LogP contribution in [-0.2, 0) is 4.79 Å². The van der Waals surface area contributed by atoms with E-state index < -0.39 is 24.5 Å². The molecule has 10 heteroatoms. The number of carboxylic acid groups (broad SMARTS) is 1. The van der Waals surface area contributed by atoms with E-state index >= 15 is 0 Å². The van der Waals surface area contributed by atoms with Gasteiger partial charge in [-0.25, -0.2) is 18.7 Å². The Morgan fingerprint density at radius 1 is 1.30 bits per heavy atom. The number of benzene rings is 1. The minimum Gasteiger partial charge on any atom is -0.480 e. The highest BCUT2D eigenvalue weighted by Crippen LogP contribution is 2.35. The number of imidazole rings is 1. The first-order chi connectivity index (χ1) is 14.5. The predicted octanol–water partition coefficient (Wildman–Crippen LogP) is 1.39. The van der Waals surface area contributed by atoms with Crippen LogP contribution in [0.5, 0.6) is 0 Å². The van der Waals surface area contributed by atoms with Crippen molar-refractivity contribution in [2.24, 2.45) is 0 Å². The summed E-state index contributed by atoms with van der Waals surface area (Å²) < 4.78 is 15.0. The van der Waals surface area contributed by atoms with E-state index in [2.05, 4.69) is 15.4 Å². The number of nitrogens with one attached hydrogen (secondary N) is 1. The van der Waals surface area contributed by atoms with Crippen LogP contribution < -0.4 is 10.2 Å². The quantitative estimate of drug-likeness (QED) is 0.558. The Hall–Kier alpha value is -3.53. The molecule has 1 aliphatic rings. The number of aliphatic carboxylic acids is 1. The van der Waals surface area contributed by atoms with Gasteiger partial charge in [-0.2, -0.15) is 0 Å². The van der Waals surface area contributed by atoms with Gasteiger partial charge in [-0.1, -0.05) is 12.1 Å². The lowest BCUT2D eigenvalue weighted by Crippen LogP contribution is -2.43. The lowest BCUT2D eigenvalue weighted by atomic mass is 10.0. The third-order valence-electron chi connectivity index (χ3n) is 5.15. The average molecular weight is 413 g/mol. The molecule has 1 saturated heterocycles. The van der Waals surface area contributed by atoms with Crippen molar-refractivity contribution in [2.45, 2.75) is 24.9 Å². The van der Waals surface area contributed by atoms with Crippen molar-refractivity contribution in [1.82, 2.24) is 19.9 Å². The molecule has 1 aliphatic heterocycles. The van der Waals surface area contributed by atoms with Gasteiger partial charge in [0.25, 0.3) is 5.91 Å². The Morgan fingerprint density at radius 3 is 2.87 bits per heavy atom. The fraction of sp³-hybridized carbons (Fsp3) is 0.300. The number of nitrogens with zero attached hydrogens (tertiary/aromatic N) is 4. The molecular weight excluding hydrogens is 393 g/mol. The van der Waals surface area contributed by atoms with Crippen molar-refractivity contribution in [3.8, 4) is 0 Å². The summed E-state index contributed by atoms with van der Waals surface area (Å²) in [5.41, 5.74) is 1.32. The first kappa shape index (κ1) is 19.8. The lowest BCUT2D eigenvalue weighted by Gasteiger charge is -2.26. The Morgan fingerprint density at radius 2 is 2.13 bits per heavy atom. The van der Waals surface area contributed by atoms with Gasteiger partial charge in [0.05, 0.1) is 18.8 Å². The highest BCUT2D eigenvalue weighted by molar-refractivity contribution is 5.95. The van der Waals surface area contributed by atoms with Gasteiger partial charge in [0.2, 0.25) is 0 Å². The van der Waals surface area contributed by atoms with E-state index in [1.165, 1.54) is 22.8 Å². The molecule has 3 N–H and O–H groups in total. The fourth-order valence-corrected chi connectivity index (χ4v) is 3.69. The number of carboxylic acids is 1. The number of aliphatic hydroxyl groups excluding tert-OH is 1. The SMILES string of the molecule is O=C(N[C@H](CO)C(=O)O)c1cnc2ccc(N3CCC[C@@H]3c3cccc(F)c3)nn12. The molecule has 1 fully saturated rings. The number of fused-ring (bicyclic) bond motifs is 1. The van der Waals surface area contributed by atoms with E-state index in [1.807, 2.05) is 11.0 Å². The van der Waals surface area contributed by atoms with Crippen molar-refractivity contribution in [1.29, 1.82) is 0 Å². The smallest absolute Gasteiger partial charge is 0.328 e. The average Bonchev–Trinajstić information content (AvgIpc) is 3.38. The highest BCUT2D eigenvalue weighted by atomic mass is 19.1. The van der Waals surface area contributed by atoms with Crippen LogP contribution in [0.3, 0.4) is 0 Å². The predicted molar refractivity (Wildman–Crippen MR) is 105 cm³/mol. The zero-order valence-electron chi connectivity index (χ0n) is 15.9. The number of carbonyl (C=O) groups is 2. The van der Waals surface area contributed by atoms with Gasteiger partial charge in [0.15, 0.2) is 17.4 Å². The van der Waals surface area contributed by atoms with Crippen LogP contribution in [0.1, 0.15) is 34.9 Å². The second kappa shape index (κ2) is 8.07. The summed E-state index contributed by atoms with van der Waals surface area (Å²) in [4.78, 5) is 29.8. The summed E-state index contributed by atoms with van der Waals surface area (Å²) in [7, 11) is 0. The first-order valence-electron chi connectivity index (χ1n) is 9.49. The van der Waals surface area contributed by atoms with Crippen molar-refractivity contribution < 1.29 is 24.2 Å². The molecule has 0 radical (unpaired) electrons. The third kappa shape index (κ3) is 3.69. The minimum atomic E-state index is -1.43. The number of anilines is 1. The molecule has 0 bridgehead atoms. The van der Waals surface area contributed by atoms with E-state index in [-0.39, 0.29) is 17.6 Å². The summed E-state index contributed by atoms with van der Waals surface area (Å²) >= 11 is 0. The zero-order chi connectivity index (χ0) is 21.3. The van der Waals surface area contributed by atoms with Crippen molar-refractivity contribution in [3.05, 3.63) is 59.7 Å². The van der Waals surface area contributed by atoms with Crippen LogP contribution in [0, 0.1) is 5.82 Å². The number of hydrogen-bond acceptors (Lipinski definition) is 6. The van der Waals surface area contributed by atoms with Gasteiger partial charge in [-0.05, 0) is 42.7 Å². The Bertz CT molecular complexity index is 1100. The van der Waals surface area contributed by atoms with Crippen molar-refractivity contribution in [3.63, 3.8) is 0 Å². The molecule has 0 spiro atoms. The van der Waals surface area contributed by atoms with E-state index in [4.69, 9.17) is 10.2 Å². The fourth-order valence-electron chi connectivity index (χ4n) is 3.69. The van der Waals surface area contributed by atoms with E-state index in [9.17, 15) is 14.0 Å². The van der Waals surface area contributed by atoms with E-state index in [1.54, 1.807) is 18.2 Å². The van der Waals surface area contributed by atoms with Gasteiger partial charge in [-0.15, -0.1) is 5.10 Å². The molecule has 0 unspecified atom stereocenters. The number of rotatable bonds is 6. The number of hydrogen-bond donors (Lipinski definition) is 3. The largest absolute Gasteiger partial charge is 0.480 e. The van der Waals surface area contributed by atoms with E-state index in [0.717, 1.165) is 24.9 Å². The molecule has 30 heavy (non-hydrogen) atoms. The highest BCUT2D eigenvalue weighted by Gasteiger charge is 2.28. The molecule has 156 valence electrons. The summed E-state index contributed by atoms with van der Waals surface area (Å²) in [6, 6.07) is 8.49. The maximum Gasteiger partial charge on any atom is 0.328 e. The second-order valence-electron chi connectivity index (χ2n) is 7.06. The Labute approximate surface area is 170 Å². The minimum absolute atomic E-state index is 0.0442. The van der Waals surface area contributed by atoms with Gasteiger partial charge in [0.1, 0.15) is 11.6 Å². The third-order valence-corrected chi connectivity index (χ3v) is 5.15. The molecule has 0 aliphatic carbocycles. The topological polar surface area (TPSA) is 120 Å². The number of aromatic nitrogens is 3. The molecule has 0 saturated carbocycles. The number of amides is 1. The summed E-state index contributed by atoms with van der Waals surface area (Å²) in [6.07, 6.45) is 3.05. The van der Waals surface area contributed by atoms with Gasteiger partial charge in [0, 0.05) is 6.54 Å².